The van der Waals surface area contributed by atoms with Gasteiger partial charge in [-0.25, -0.2) is 4.79 Å². The van der Waals surface area contributed by atoms with E-state index in [-0.39, 0.29) is 18.2 Å². The number of ether oxygens (including phenoxy) is 1. The Hall–Kier alpha value is -0.810. The topological polar surface area (TPSA) is 61.8 Å². The van der Waals surface area contributed by atoms with Crippen LogP contribution in [0.4, 0.5) is 4.79 Å². The van der Waals surface area contributed by atoms with Crippen molar-refractivity contribution in [1.82, 2.24) is 10.2 Å². The van der Waals surface area contributed by atoms with Crippen LogP contribution in [-0.2, 0) is 4.74 Å². The van der Waals surface area contributed by atoms with Gasteiger partial charge in [-0.15, -0.1) is 0 Å². The van der Waals surface area contributed by atoms with Crippen LogP contribution in [0.3, 0.4) is 0 Å². The van der Waals surface area contributed by atoms with Gasteiger partial charge in [0.15, 0.2) is 0 Å². The number of rotatable bonds is 4. The monoisotopic (exact) mass is 230 g/mol. The van der Waals surface area contributed by atoms with E-state index in [0.717, 1.165) is 25.7 Å². The van der Waals surface area contributed by atoms with E-state index >= 15 is 0 Å². The molecule has 0 radical (unpaired) electrons. The molecule has 0 saturated heterocycles. The van der Waals surface area contributed by atoms with Crippen LogP contribution in [0.5, 0.6) is 0 Å². The number of nitrogens with zero attached hydrogens (tertiary/aromatic N) is 1. The zero-order valence-corrected chi connectivity index (χ0v) is 10.1. The highest BCUT2D eigenvalue weighted by atomic mass is 16.5. The second-order valence-electron chi connectivity index (χ2n) is 4.37. The van der Waals surface area contributed by atoms with Crippen LogP contribution in [0, 0.1) is 0 Å². The maximum atomic E-state index is 11.7. The number of likely N-dealkylation sites (N-methyl/N-ethyl adjacent to an activating group) is 1. The summed E-state index contributed by atoms with van der Waals surface area (Å²) >= 11 is 0. The number of hydrogen-bond donors (Lipinski definition) is 2. The van der Waals surface area contributed by atoms with Crippen LogP contribution in [0.2, 0.25) is 0 Å². The van der Waals surface area contributed by atoms with Crippen LogP contribution >= 0.6 is 0 Å². The Morgan fingerprint density at radius 3 is 2.62 bits per heavy atom. The molecule has 1 saturated carbocycles. The number of amides is 2. The molecule has 0 aliphatic heterocycles. The molecule has 1 aliphatic rings. The lowest BCUT2D eigenvalue weighted by Crippen LogP contribution is -2.45. The van der Waals surface area contributed by atoms with Gasteiger partial charge in [0.2, 0.25) is 0 Å². The lowest BCUT2D eigenvalue weighted by atomic mass is 9.93. The summed E-state index contributed by atoms with van der Waals surface area (Å²) in [5.74, 6) is 0. The van der Waals surface area contributed by atoms with Crippen molar-refractivity contribution in [3.63, 3.8) is 0 Å². The van der Waals surface area contributed by atoms with Gasteiger partial charge in [-0.1, -0.05) is 0 Å². The summed E-state index contributed by atoms with van der Waals surface area (Å²) < 4.78 is 4.91. The van der Waals surface area contributed by atoms with Crippen LogP contribution in [0.25, 0.3) is 0 Å². The second-order valence-corrected chi connectivity index (χ2v) is 4.37. The van der Waals surface area contributed by atoms with Crippen LogP contribution in [0.1, 0.15) is 25.7 Å². The number of carbonyl (C=O) groups excluding carboxylic acids is 1. The molecule has 0 heterocycles. The normalized spacial score (nSPS) is 25.2. The Labute approximate surface area is 96.8 Å². The van der Waals surface area contributed by atoms with Gasteiger partial charge in [-0.2, -0.15) is 0 Å². The molecule has 0 unspecified atom stereocenters. The molecule has 1 aliphatic carbocycles. The Balaban J connectivity index is 2.22. The molecule has 94 valence electrons. The molecule has 2 amide bonds. The smallest absolute Gasteiger partial charge is 0.317 e. The molecule has 1 fully saturated rings. The second kappa shape index (κ2) is 6.70. The molecule has 2 N–H and O–H groups in total. The van der Waals surface area contributed by atoms with Crippen molar-refractivity contribution < 1.29 is 14.6 Å². The SMILES string of the molecule is COCCN(C)C(=O)NC1CCC(O)CC1. The summed E-state index contributed by atoms with van der Waals surface area (Å²) in [4.78, 5) is 13.3. The van der Waals surface area contributed by atoms with Gasteiger partial charge in [0.05, 0.1) is 12.7 Å². The maximum Gasteiger partial charge on any atom is 0.317 e. The number of aliphatic hydroxyl groups excluding tert-OH is 1. The summed E-state index contributed by atoms with van der Waals surface area (Å²) in [7, 11) is 3.38. The first-order valence-corrected chi connectivity index (χ1v) is 5.82. The maximum absolute atomic E-state index is 11.7. The van der Waals surface area contributed by atoms with Crippen molar-refractivity contribution in [3.05, 3.63) is 0 Å². The largest absolute Gasteiger partial charge is 0.393 e. The zero-order valence-electron chi connectivity index (χ0n) is 10.1. The zero-order chi connectivity index (χ0) is 12.0. The average Bonchev–Trinajstić information content (AvgIpc) is 2.29. The first-order valence-electron chi connectivity index (χ1n) is 5.82. The highest BCUT2D eigenvalue weighted by Gasteiger charge is 2.21. The highest BCUT2D eigenvalue weighted by molar-refractivity contribution is 5.74. The van der Waals surface area contributed by atoms with E-state index in [4.69, 9.17) is 4.74 Å². The standard InChI is InChI=1S/C11H22N2O3/c1-13(7-8-16-2)11(15)12-9-3-5-10(14)6-4-9/h9-10,14H,3-8H2,1-2H3,(H,12,15). The summed E-state index contributed by atoms with van der Waals surface area (Å²) in [6, 6.07) is 0.152. The van der Waals surface area contributed by atoms with E-state index in [1.807, 2.05) is 0 Å². The predicted molar refractivity (Wildman–Crippen MR) is 61.3 cm³/mol. The van der Waals surface area contributed by atoms with Gasteiger partial charge in [-0.05, 0) is 25.7 Å². The predicted octanol–water partition coefficient (Wildman–Crippen LogP) is 0.578. The fourth-order valence-electron chi connectivity index (χ4n) is 1.83. The third kappa shape index (κ3) is 4.37. The lowest BCUT2D eigenvalue weighted by molar-refractivity contribution is 0.114. The van der Waals surface area contributed by atoms with Crippen molar-refractivity contribution in [3.8, 4) is 0 Å². The summed E-state index contributed by atoms with van der Waals surface area (Å²) in [6.07, 6.45) is 3.12. The van der Waals surface area contributed by atoms with Crippen LogP contribution in [0.15, 0.2) is 0 Å². The van der Waals surface area contributed by atoms with Crippen LogP contribution in [-0.4, -0.2) is 55.5 Å². The van der Waals surface area contributed by atoms with Gasteiger partial charge in [0.25, 0.3) is 0 Å². The Morgan fingerprint density at radius 1 is 1.44 bits per heavy atom. The van der Waals surface area contributed by atoms with Crippen molar-refractivity contribution in [2.45, 2.75) is 37.8 Å². The third-order valence-electron chi connectivity index (χ3n) is 3.00. The van der Waals surface area contributed by atoms with Gasteiger partial charge in [-0.3, -0.25) is 0 Å². The Kier molecular flexibility index (Phi) is 5.55. The minimum atomic E-state index is -0.181. The molecule has 0 aromatic heterocycles. The fourth-order valence-corrected chi connectivity index (χ4v) is 1.83. The summed E-state index contributed by atoms with van der Waals surface area (Å²) in [5.41, 5.74) is 0. The molecule has 5 nitrogen and oxygen atoms in total. The van der Waals surface area contributed by atoms with E-state index < -0.39 is 0 Å². The molecule has 16 heavy (non-hydrogen) atoms. The third-order valence-corrected chi connectivity index (χ3v) is 3.00. The van der Waals surface area contributed by atoms with Crippen molar-refractivity contribution in [1.29, 1.82) is 0 Å². The number of carbonyl (C=O) groups is 1. The number of methoxy groups -OCH3 is 1. The molecule has 0 aromatic rings. The fraction of sp³-hybridized carbons (Fsp3) is 0.909. The lowest BCUT2D eigenvalue weighted by Gasteiger charge is -2.28. The first kappa shape index (κ1) is 13.3. The van der Waals surface area contributed by atoms with Gasteiger partial charge in [0.1, 0.15) is 0 Å². The quantitative estimate of drug-likeness (QED) is 0.742. The van der Waals surface area contributed by atoms with Crippen molar-refractivity contribution >= 4 is 6.03 Å². The van der Waals surface area contributed by atoms with Crippen molar-refractivity contribution in [2.75, 3.05) is 27.3 Å². The summed E-state index contributed by atoms with van der Waals surface area (Å²) in [6.45, 7) is 1.14. The number of aliphatic hydroxyl groups is 1. The molecular formula is C11H22N2O3. The molecule has 0 bridgehead atoms. The molecule has 5 heteroatoms. The Morgan fingerprint density at radius 2 is 2.06 bits per heavy atom. The number of nitrogens with one attached hydrogen (secondary N) is 1. The summed E-state index contributed by atoms with van der Waals surface area (Å²) in [5, 5.41) is 12.3. The number of urea groups is 1. The van der Waals surface area contributed by atoms with Crippen LogP contribution < -0.4 is 5.32 Å². The number of hydrogen-bond acceptors (Lipinski definition) is 3. The van der Waals surface area contributed by atoms with Gasteiger partial charge >= 0.3 is 6.03 Å². The van der Waals surface area contributed by atoms with Gasteiger partial charge in [0, 0.05) is 26.7 Å². The highest BCUT2D eigenvalue weighted by Crippen LogP contribution is 2.18. The van der Waals surface area contributed by atoms with E-state index in [9.17, 15) is 9.90 Å². The minimum absolute atomic E-state index is 0.0570. The van der Waals surface area contributed by atoms with Crippen molar-refractivity contribution in [2.24, 2.45) is 0 Å². The van der Waals surface area contributed by atoms with Gasteiger partial charge < -0.3 is 20.1 Å². The molecule has 0 aromatic carbocycles. The molecule has 0 spiro atoms. The van der Waals surface area contributed by atoms with E-state index in [0.29, 0.717) is 13.2 Å². The van der Waals surface area contributed by atoms with E-state index in [1.165, 1.54) is 0 Å². The molecular weight excluding hydrogens is 208 g/mol. The minimum Gasteiger partial charge on any atom is -0.393 e. The average molecular weight is 230 g/mol. The van der Waals surface area contributed by atoms with E-state index in [1.54, 1.807) is 19.1 Å². The molecule has 1 rings (SSSR count). The Bertz CT molecular complexity index is 215. The van der Waals surface area contributed by atoms with E-state index in [2.05, 4.69) is 5.32 Å². The molecule has 0 atom stereocenters. The first-order chi connectivity index (χ1) is 7.63.